The van der Waals surface area contributed by atoms with Gasteiger partial charge in [-0.1, -0.05) is 11.6 Å². The zero-order chi connectivity index (χ0) is 13.9. The van der Waals surface area contributed by atoms with E-state index in [4.69, 9.17) is 11.6 Å². The SMILES string of the molecule is Cl.O=C(Nc1ccc(-n2ccnc2)c(Cl)c1)C1CCCN1. The third-order valence-electron chi connectivity index (χ3n) is 3.37. The second kappa shape index (κ2) is 6.93. The minimum Gasteiger partial charge on any atom is -0.325 e. The number of rotatable bonds is 3. The first-order valence-electron chi connectivity index (χ1n) is 6.56. The van der Waals surface area contributed by atoms with Crippen molar-refractivity contribution in [2.75, 3.05) is 11.9 Å². The highest BCUT2D eigenvalue weighted by Crippen LogP contribution is 2.24. The Kier molecular flexibility index (Phi) is 5.22. The van der Waals surface area contributed by atoms with Gasteiger partial charge in [0, 0.05) is 18.1 Å². The maximum absolute atomic E-state index is 12.0. The number of aromatic nitrogens is 2. The van der Waals surface area contributed by atoms with Crippen molar-refractivity contribution in [3.05, 3.63) is 41.9 Å². The van der Waals surface area contributed by atoms with Crippen LogP contribution in [0.25, 0.3) is 5.69 Å². The van der Waals surface area contributed by atoms with Crippen LogP contribution in [-0.2, 0) is 4.79 Å². The van der Waals surface area contributed by atoms with E-state index in [-0.39, 0.29) is 24.4 Å². The van der Waals surface area contributed by atoms with Crippen molar-refractivity contribution >= 4 is 35.6 Å². The minimum atomic E-state index is -0.0953. The first-order chi connectivity index (χ1) is 9.74. The summed E-state index contributed by atoms with van der Waals surface area (Å²) >= 11 is 6.25. The lowest BCUT2D eigenvalue weighted by atomic mass is 10.2. The normalized spacial score (nSPS) is 17.3. The van der Waals surface area contributed by atoms with Gasteiger partial charge in [0.25, 0.3) is 0 Å². The van der Waals surface area contributed by atoms with E-state index in [9.17, 15) is 4.79 Å². The maximum atomic E-state index is 12.0. The van der Waals surface area contributed by atoms with Crippen LogP contribution in [-0.4, -0.2) is 28.0 Å². The standard InChI is InChI=1S/C14H15ClN4O.ClH/c15-11-8-10(18-14(20)12-2-1-5-17-12)3-4-13(11)19-7-6-16-9-19;/h3-4,6-9,12,17H,1-2,5H2,(H,18,20);1H. The highest BCUT2D eigenvalue weighted by molar-refractivity contribution is 6.32. The molecule has 21 heavy (non-hydrogen) atoms. The summed E-state index contributed by atoms with van der Waals surface area (Å²) in [4.78, 5) is 16.0. The molecule has 1 aromatic heterocycles. The molecule has 1 aromatic carbocycles. The highest BCUT2D eigenvalue weighted by Gasteiger charge is 2.22. The number of anilines is 1. The van der Waals surface area contributed by atoms with Gasteiger partial charge < -0.3 is 15.2 Å². The van der Waals surface area contributed by atoms with Gasteiger partial charge in [-0.15, -0.1) is 12.4 Å². The summed E-state index contributed by atoms with van der Waals surface area (Å²) in [7, 11) is 0. The Morgan fingerprint density at radius 2 is 2.33 bits per heavy atom. The van der Waals surface area contributed by atoms with Gasteiger partial charge in [-0.2, -0.15) is 0 Å². The molecule has 1 aliphatic rings. The van der Waals surface area contributed by atoms with Crippen molar-refractivity contribution in [3.63, 3.8) is 0 Å². The molecule has 2 aromatic rings. The topological polar surface area (TPSA) is 59.0 Å². The van der Waals surface area contributed by atoms with Crippen molar-refractivity contribution in [1.82, 2.24) is 14.9 Å². The van der Waals surface area contributed by atoms with E-state index in [1.165, 1.54) is 0 Å². The van der Waals surface area contributed by atoms with Crippen LogP contribution in [0.1, 0.15) is 12.8 Å². The fourth-order valence-electron chi connectivity index (χ4n) is 2.33. The summed E-state index contributed by atoms with van der Waals surface area (Å²) in [6, 6.07) is 5.36. The molecule has 0 saturated carbocycles. The van der Waals surface area contributed by atoms with E-state index >= 15 is 0 Å². The minimum absolute atomic E-state index is 0. The van der Waals surface area contributed by atoms with Gasteiger partial charge >= 0.3 is 0 Å². The summed E-state index contributed by atoms with van der Waals surface area (Å²) in [6.45, 7) is 0.901. The molecule has 0 bridgehead atoms. The molecule has 0 aliphatic carbocycles. The largest absolute Gasteiger partial charge is 0.325 e. The molecule has 2 heterocycles. The van der Waals surface area contributed by atoms with Crippen molar-refractivity contribution in [2.24, 2.45) is 0 Å². The summed E-state index contributed by atoms with van der Waals surface area (Å²) in [6.07, 6.45) is 7.12. The number of carbonyl (C=O) groups excluding carboxylic acids is 1. The first-order valence-corrected chi connectivity index (χ1v) is 6.94. The second-order valence-electron chi connectivity index (χ2n) is 4.77. The van der Waals surface area contributed by atoms with E-state index < -0.39 is 0 Å². The number of halogens is 2. The molecule has 1 atom stereocenters. The Labute approximate surface area is 134 Å². The average molecular weight is 327 g/mol. The molecule has 1 amide bonds. The molecule has 7 heteroatoms. The molecular formula is C14H16Cl2N4O. The number of amides is 1. The lowest BCUT2D eigenvalue weighted by Gasteiger charge is -2.12. The number of hydrogen-bond donors (Lipinski definition) is 2. The zero-order valence-electron chi connectivity index (χ0n) is 11.3. The Morgan fingerprint density at radius 1 is 1.48 bits per heavy atom. The van der Waals surface area contributed by atoms with Gasteiger partial charge in [-0.25, -0.2) is 4.98 Å². The molecule has 1 fully saturated rings. The lowest BCUT2D eigenvalue weighted by Crippen LogP contribution is -2.35. The maximum Gasteiger partial charge on any atom is 0.241 e. The fraction of sp³-hybridized carbons (Fsp3) is 0.286. The molecule has 0 spiro atoms. The molecule has 1 unspecified atom stereocenters. The van der Waals surface area contributed by atoms with E-state index in [0.29, 0.717) is 10.7 Å². The third-order valence-corrected chi connectivity index (χ3v) is 3.68. The van der Waals surface area contributed by atoms with Gasteiger partial charge in [0.1, 0.15) is 0 Å². The average Bonchev–Trinajstić information content (AvgIpc) is 3.12. The van der Waals surface area contributed by atoms with Gasteiger partial charge in [0.15, 0.2) is 0 Å². The number of nitrogens with one attached hydrogen (secondary N) is 2. The molecule has 3 rings (SSSR count). The molecule has 2 N–H and O–H groups in total. The van der Waals surface area contributed by atoms with Gasteiger partial charge in [-0.05, 0) is 37.6 Å². The van der Waals surface area contributed by atoms with Crippen LogP contribution in [0.4, 0.5) is 5.69 Å². The van der Waals surface area contributed by atoms with Crippen LogP contribution in [0, 0.1) is 0 Å². The van der Waals surface area contributed by atoms with E-state index in [1.807, 2.05) is 22.9 Å². The van der Waals surface area contributed by atoms with E-state index in [2.05, 4.69) is 15.6 Å². The molecule has 0 radical (unpaired) electrons. The monoisotopic (exact) mass is 326 g/mol. The summed E-state index contributed by atoms with van der Waals surface area (Å²) in [5.74, 6) is -0.00560. The van der Waals surface area contributed by atoms with Crippen LogP contribution >= 0.6 is 24.0 Å². The molecular weight excluding hydrogens is 311 g/mol. The van der Waals surface area contributed by atoms with Crippen LogP contribution in [0.3, 0.4) is 0 Å². The summed E-state index contributed by atoms with van der Waals surface area (Å²) in [5.41, 5.74) is 1.54. The van der Waals surface area contributed by atoms with E-state index in [0.717, 1.165) is 25.1 Å². The number of nitrogens with zero attached hydrogens (tertiary/aromatic N) is 2. The van der Waals surface area contributed by atoms with Crippen LogP contribution < -0.4 is 10.6 Å². The smallest absolute Gasteiger partial charge is 0.241 e. The van der Waals surface area contributed by atoms with Crippen molar-refractivity contribution in [1.29, 1.82) is 0 Å². The number of imidazole rings is 1. The van der Waals surface area contributed by atoms with Gasteiger partial charge in [0.05, 0.1) is 23.1 Å². The molecule has 1 saturated heterocycles. The van der Waals surface area contributed by atoms with Gasteiger partial charge in [0.2, 0.25) is 5.91 Å². The Hall–Kier alpha value is -1.56. The zero-order valence-corrected chi connectivity index (χ0v) is 12.8. The highest BCUT2D eigenvalue weighted by atomic mass is 35.5. The predicted octanol–water partition coefficient (Wildman–Crippen LogP) is 2.64. The predicted molar refractivity (Wildman–Crippen MR) is 85.5 cm³/mol. The third kappa shape index (κ3) is 3.56. The molecule has 1 aliphatic heterocycles. The summed E-state index contributed by atoms with van der Waals surface area (Å²) in [5, 5.41) is 6.62. The fourth-order valence-corrected chi connectivity index (χ4v) is 2.61. The van der Waals surface area contributed by atoms with Crippen LogP contribution in [0.2, 0.25) is 5.02 Å². The molecule has 112 valence electrons. The summed E-state index contributed by atoms with van der Waals surface area (Å²) < 4.78 is 1.83. The van der Waals surface area contributed by atoms with Crippen molar-refractivity contribution in [2.45, 2.75) is 18.9 Å². The lowest BCUT2D eigenvalue weighted by molar-refractivity contribution is -0.117. The van der Waals surface area contributed by atoms with Crippen molar-refractivity contribution < 1.29 is 4.79 Å². The quantitative estimate of drug-likeness (QED) is 0.911. The van der Waals surface area contributed by atoms with Gasteiger partial charge in [-0.3, -0.25) is 4.79 Å². The Bertz CT molecular complexity index is 609. The van der Waals surface area contributed by atoms with E-state index in [1.54, 1.807) is 18.6 Å². The number of benzene rings is 1. The first kappa shape index (κ1) is 15.8. The number of carbonyl (C=O) groups is 1. The van der Waals surface area contributed by atoms with Crippen LogP contribution in [0.5, 0.6) is 0 Å². The Balaban J connectivity index is 0.00000161. The molecule has 5 nitrogen and oxygen atoms in total. The second-order valence-corrected chi connectivity index (χ2v) is 5.18. The van der Waals surface area contributed by atoms with Crippen LogP contribution in [0.15, 0.2) is 36.9 Å². The van der Waals surface area contributed by atoms with Crippen molar-refractivity contribution in [3.8, 4) is 5.69 Å². The Morgan fingerprint density at radius 3 is 2.95 bits per heavy atom. The number of hydrogen-bond acceptors (Lipinski definition) is 3.